The first-order chi connectivity index (χ1) is 11.6. The van der Waals surface area contributed by atoms with Crippen LogP contribution in [-0.2, 0) is 0 Å². The Bertz CT molecular complexity index is 620. The molecule has 0 saturated carbocycles. The first kappa shape index (κ1) is 18.5. The summed E-state index contributed by atoms with van der Waals surface area (Å²) in [5, 5.41) is 0. The molecule has 2 nitrogen and oxygen atoms in total. The molecule has 2 rings (SSSR count). The molecule has 0 amide bonds. The zero-order valence-corrected chi connectivity index (χ0v) is 15.5. The molecule has 24 heavy (non-hydrogen) atoms. The van der Waals surface area contributed by atoms with Crippen molar-refractivity contribution in [3.8, 4) is 5.75 Å². The maximum Gasteiger partial charge on any atom is 0.122 e. The minimum Gasteiger partial charge on any atom is -0.496 e. The van der Waals surface area contributed by atoms with E-state index >= 15 is 0 Å². The highest BCUT2D eigenvalue weighted by molar-refractivity contribution is 5.39. The number of para-hydroxylation sites is 1. The summed E-state index contributed by atoms with van der Waals surface area (Å²) in [6.07, 6.45) is 2.14. The van der Waals surface area contributed by atoms with Crippen molar-refractivity contribution in [3.63, 3.8) is 0 Å². The molecule has 3 unspecified atom stereocenters. The monoisotopic (exact) mass is 325 g/mol. The molecule has 0 radical (unpaired) electrons. The Morgan fingerprint density at radius 2 is 1.58 bits per heavy atom. The second kappa shape index (κ2) is 8.89. The summed E-state index contributed by atoms with van der Waals surface area (Å²) in [6.45, 7) is 7.49. The standard InChI is InChI=1S/C22H31NO/c1-5-16(2)18-10-12-19(13-11-18)20(14-15-23)17(3)21-8-6-7-9-22(21)24-4/h6-13,16-17,20H,5,14-15,23H2,1-4H3. The van der Waals surface area contributed by atoms with Crippen LogP contribution in [-0.4, -0.2) is 13.7 Å². The quantitative estimate of drug-likeness (QED) is 0.701. The van der Waals surface area contributed by atoms with Crippen molar-refractivity contribution in [2.75, 3.05) is 13.7 Å². The van der Waals surface area contributed by atoms with Crippen molar-refractivity contribution in [1.29, 1.82) is 0 Å². The molecule has 2 N–H and O–H groups in total. The van der Waals surface area contributed by atoms with E-state index in [2.05, 4.69) is 57.2 Å². The third-order valence-corrected chi connectivity index (χ3v) is 5.26. The normalized spacial score (nSPS) is 14.9. The van der Waals surface area contributed by atoms with Gasteiger partial charge in [0.2, 0.25) is 0 Å². The van der Waals surface area contributed by atoms with Crippen molar-refractivity contribution in [2.45, 2.75) is 51.4 Å². The summed E-state index contributed by atoms with van der Waals surface area (Å²) in [6, 6.07) is 17.4. The molecule has 3 atom stereocenters. The molecule has 0 aromatic heterocycles. The maximum atomic E-state index is 5.92. The molecule has 0 fully saturated rings. The molecule has 2 aromatic carbocycles. The topological polar surface area (TPSA) is 35.2 Å². The fourth-order valence-electron chi connectivity index (χ4n) is 3.45. The lowest BCUT2D eigenvalue weighted by Gasteiger charge is -2.26. The van der Waals surface area contributed by atoms with Crippen molar-refractivity contribution in [2.24, 2.45) is 5.73 Å². The Hall–Kier alpha value is -1.80. The van der Waals surface area contributed by atoms with Crippen LogP contribution in [0.2, 0.25) is 0 Å². The van der Waals surface area contributed by atoms with E-state index in [1.807, 2.05) is 12.1 Å². The Morgan fingerprint density at radius 3 is 2.17 bits per heavy atom. The van der Waals surface area contributed by atoms with Gasteiger partial charge in [0.05, 0.1) is 7.11 Å². The van der Waals surface area contributed by atoms with Crippen LogP contribution in [0.25, 0.3) is 0 Å². The van der Waals surface area contributed by atoms with Gasteiger partial charge in [-0.3, -0.25) is 0 Å². The summed E-state index contributed by atoms with van der Waals surface area (Å²) in [7, 11) is 1.74. The fraction of sp³-hybridized carbons (Fsp3) is 0.455. The van der Waals surface area contributed by atoms with Gasteiger partial charge in [-0.2, -0.15) is 0 Å². The van der Waals surface area contributed by atoms with Crippen LogP contribution in [0.3, 0.4) is 0 Å². The summed E-state index contributed by atoms with van der Waals surface area (Å²) < 4.78 is 5.56. The molecular weight excluding hydrogens is 294 g/mol. The van der Waals surface area contributed by atoms with Crippen LogP contribution in [0.15, 0.2) is 48.5 Å². The predicted octanol–water partition coefficient (Wildman–Crippen LogP) is 5.44. The maximum absolute atomic E-state index is 5.92. The molecule has 0 bridgehead atoms. The van der Waals surface area contributed by atoms with E-state index in [1.165, 1.54) is 23.1 Å². The molecule has 0 heterocycles. The molecule has 0 aliphatic carbocycles. The Balaban J connectivity index is 2.31. The summed E-state index contributed by atoms with van der Waals surface area (Å²) >= 11 is 0. The number of hydrogen-bond acceptors (Lipinski definition) is 2. The van der Waals surface area contributed by atoms with E-state index in [1.54, 1.807) is 7.11 Å². The summed E-state index contributed by atoms with van der Waals surface area (Å²) in [5.41, 5.74) is 9.96. The van der Waals surface area contributed by atoms with Crippen molar-refractivity contribution >= 4 is 0 Å². The third-order valence-electron chi connectivity index (χ3n) is 5.26. The Morgan fingerprint density at radius 1 is 0.958 bits per heavy atom. The first-order valence-corrected chi connectivity index (χ1v) is 9.05. The van der Waals surface area contributed by atoms with Gasteiger partial charge in [-0.05, 0) is 59.9 Å². The molecule has 0 aliphatic rings. The first-order valence-electron chi connectivity index (χ1n) is 9.05. The largest absolute Gasteiger partial charge is 0.496 e. The van der Waals surface area contributed by atoms with E-state index in [9.17, 15) is 0 Å². The molecule has 0 saturated heterocycles. The highest BCUT2D eigenvalue weighted by Gasteiger charge is 2.23. The highest BCUT2D eigenvalue weighted by Crippen LogP contribution is 2.39. The van der Waals surface area contributed by atoms with Crippen LogP contribution in [0.5, 0.6) is 5.75 Å². The average Bonchev–Trinajstić information content (AvgIpc) is 2.65. The minimum absolute atomic E-state index is 0.360. The van der Waals surface area contributed by atoms with Crippen LogP contribution >= 0.6 is 0 Å². The molecule has 0 spiro atoms. The van der Waals surface area contributed by atoms with Crippen molar-refractivity contribution in [1.82, 2.24) is 0 Å². The van der Waals surface area contributed by atoms with E-state index in [-0.39, 0.29) is 0 Å². The van der Waals surface area contributed by atoms with Crippen LogP contribution < -0.4 is 10.5 Å². The fourth-order valence-corrected chi connectivity index (χ4v) is 3.45. The predicted molar refractivity (Wildman–Crippen MR) is 103 cm³/mol. The molecule has 2 heteroatoms. The lowest BCUT2D eigenvalue weighted by Crippen LogP contribution is -2.14. The van der Waals surface area contributed by atoms with Gasteiger partial charge >= 0.3 is 0 Å². The van der Waals surface area contributed by atoms with Gasteiger partial charge in [-0.25, -0.2) is 0 Å². The second-order valence-electron chi connectivity index (χ2n) is 6.69. The number of rotatable bonds is 8. The summed E-state index contributed by atoms with van der Waals surface area (Å²) in [5.74, 6) is 2.33. The SMILES string of the molecule is CCC(C)c1ccc(C(CCN)C(C)c2ccccc2OC)cc1. The lowest BCUT2D eigenvalue weighted by atomic mass is 9.79. The van der Waals surface area contributed by atoms with E-state index < -0.39 is 0 Å². The average molecular weight is 325 g/mol. The van der Waals surface area contributed by atoms with Gasteiger partial charge < -0.3 is 10.5 Å². The van der Waals surface area contributed by atoms with Crippen LogP contribution in [0.1, 0.15) is 68.1 Å². The van der Waals surface area contributed by atoms with Crippen LogP contribution in [0, 0.1) is 0 Å². The molecule has 2 aromatic rings. The number of methoxy groups -OCH3 is 1. The van der Waals surface area contributed by atoms with Crippen LogP contribution in [0.4, 0.5) is 0 Å². The van der Waals surface area contributed by atoms with Gasteiger partial charge in [0.15, 0.2) is 0 Å². The molecule has 0 aliphatic heterocycles. The number of hydrogen-bond donors (Lipinski definition) is 1. The number of ether oxygens (including phenoxy) is 1. The van der Waals surface area contributed by atoms with Crippen molar-refractivity contribution in [3.05, 3.63) is 65.2 Å². The van der Waals surface area contributed by atoms with E-state index in [0.717, 1.165) is 12.2 Å². The zero-order valence-electron chi connectivity index (χ0n) is 15.5. The lowest BCUT2D eigenvalue weighted by molar-refractivity contribution is 0.401. The molecule has 130 valence electrons. The summed E-state index contributed by atoms with van der Waals surface area (Å²) in [4.78, 5) is 0. The van der Waals surface area contributed by atoms with Gasteiger partial charge in [-0.1, -0.05) is 63.2 Å². The second-order valence-corrected chi connectivity index (χ2v) is 6.69. The van der Waals surface area contributed by atoms with Gasteiger partial charge in [0, 0.05) is 0 Å². The van der Waals surface area contributed by atoms with Gasteiger partial charge in [0.25, 0.3) is 0 Å². The number of benzene rings is 2. The smallest absolute Gasteiger partial charge is 0.122 e. The molecular formula is C22H31NO. The Labute approximate surface area is 147 Å². The van der Waals surface area contributed by atoms with Gasteiger partial charge in [-0.15, -0.1) is 0 Å². The third kappa shape index (κ3) is 4.18. The van der Waals surface area contributed by atoms with Gasteiger partial charge in [0.1, 0.15) is 5.75 Å². The number of nitrogens with two attached hydrogens (primary N) is 1. The Kier molecular flexibility index (Phi) is 6.86. The van der Waals surface area contributed by atoms with Crippen molar-refractivity contribution < 1.29 is 4.74 Å². The highest BCUT2D eigenvalue weighted by atomic mass is 16.5. The van der Waals surface area contributed by atoms with E-state index in [0.29, 0.717) is 24.3 Å². The zero-order chi connectivity index (χ0) is 17.5. The minimum atomic E-state index is 0.360. The van der Waals surface area contributed by atoms with E-state index in [4.69, 9.17) is 10.5 Å².